The average Bonchev–Trinajstić information content (AvgIpc) is 2.74. The van der Waals surface area contributed by atoms with Crippen molar-refractivity contribution in [1.29, 1.82) is 0 Å². The third-order valence-electron chi connectivity index (χ3n) is 3.92. The summed E-state index contributed by atoms with van der Waals surface area (Å²) < 4.78 is 34.8. The van der Waals surface area contributed by atoms with Gasteiger partial charge < -0.3 is 15.2 Å². The number of para-hydroxylation sites is 1. The maximum absolute atomic E-state index is 15.3. The molecular formula is C17H17F2NO2. The molecule has 0 saturated carbocycles. The zero-order chi connectivity index (χ0) is 15.7. The van der Waals surface area contributed by atoms with Crippen LogP contribution in [-0.2, 0) is 6.42 Å². The smallest absolute Gasteiger partial charge is 0.168 e. The van der Waals surface area contributed by atoms with Gasteiger partial charge in [0.2, 0.25) is 0 Å². The van der Waals surface area contributed by atoms with Crippen LogP contribution in [0.25, 0.3) is 0 Å². The van der Waals surface area contributed by atoms with E-state index in [-0.39, 0.29) is 24.5 Å². The highest BCUT2D eigenvalue weighted by Crippen LogP contribution is 2.45. The third-order valence-corrected chi connectivity index (χ3v) is 3.92. The van der Waals surface area contributed by atoms with Crippen LogP contribution < -0.4 is 10.1 Å². The molecule has 2 unspecified atom stereocenters. The molecule has 0 aliphatic heterocycles. The number of hydrogen-bond donors (Lipinski definition) is 2. The van der Waals surface area contributed by atoms with E-state index in [0.29, 0.717) is 5.56 Å². The van der Waals surface area contributed by atoms with Crippen LogP contribution in [0.15, 0.2) is 42.5 Å². The lowest BCUT2D eigenvalue weighted by molar-refractivity contribution is 0.0209. The molecule has 0 radical (unpaired) electrons. The van der Waals surface area contributed by atoms with Gasteiger partial charge in [-0.2, -0.15) is 0 Å². The zero-order valence-electron chi connectivity index (χ0n) is 12.1. The number of phenols is 1. The number of phenolic OH excluding ortho intramolecular Hbond substituents is 1. The second-order valence-electron chi connectivity index (χ2n) is 5.55. The van der Waals surface area contributed by atoms with Gasteiger partial charge in [0.25, 0.3) is 0 Å². The molecule has 3 rings (SSSR count). The van der Waals surface area contributed by atoms with Crippen LogP contribution in [0.2, 0.25) is 0 Å². The summed E-state index contributed by atoms with van der Waals surface area (Å²) >= 11 is 0. The summed E-state index contributed by atoms with van der Waals surface area (Å²) in [5, 5.41) is 12.5. The molecule has 0 spiro atoms. The summed E-state index contributed by atoms with van der Waals surface area (Å²) in [6.45, 7) is 0.0710. The quantitative estimate of drug-likeness (QED) is 0.912. The van der Waals surface area contributed by atoms with Crippen molar-refractivity contribution in [3.63, 3.8) is 0 Å². The number of benzene rings is 2. The highest BCUT2D eigenvalue weighted by Gasteiger charge is 2.48. The maximum atomic E-state index is 15.3. The Labute approximate surface area is 127 Å². The van der Waals surface area contributed by atoms with Gasteiger partial charge in [0.15, 0.2) is 23.3 Å². The number of ether oxygens (including phenoxy) is 1. The molecule has 22 heavy (non-hydrogen) atoms. The Kier molecular flexibility index (Phi) is 3.74. The SMILES string of the molecule is CNCC1(F)Cc2ccc(O)cc2C1Oc1ccccc1F. The molecule has 0 amide bonds. The lowest BCUT2D eigenvalue weighted by atomic mass is 9.99. The van der Waals surface area contributed by atoms with Crippen LogP contribution in [0.3, 0.4) is 0 Å². The summed E-state index contributed by atoms with van der Waals surface area (Å²) in [4.78, 5) is 0. The van der Waals surface area contributed by atoms with Crippen LogP contribution in [-0.4, -0.2) is 24.4 Å². The van der Waals surface area contributed by atoms with Gasteiger partial charge in [-0.3, -0.25) is 0 Å². The Hall–Kier alpha value is -2.14. The van der Waals surface area contributed by atoms with Crippen molar-refractivity contribution < 1.29 is 18.6 Å². The number of halogens is 2. The minimum Gasteiger partial charge on any atom is -0.508 e. The Morgan fingerprint density at radius 2 is 2.09 bits per heavy atom. The van der Waals surface area contributed by atoms with Gasteiger partial charge in [-0.15, -0.1) is 0 Å². The molecule has 116 valence electrons. The van der Waals surface area contributed by atoms with E-state index >= 15 is 4.39 Å². The van der Waals surface area contributed by atoms with Crippen LogP contribution in [0.5, 0.6) is 11.5 Å². The van der Waals surface area contributed by atoms with Crippen molar-refractivity contribution in [1.82, 2.24) is 5.32 Å². The Bertz CT molecular complexity index is 692. The van der Waals surface area contributed by atoms with E-state index in [9.17, 15) is 9.50 Å². The van der Waals surface area contributed by atoms with E-state index in [0.717, 1.165) is 5.56 Å². The first-order chi connectivity index (χ1) is 10.5. The van der Waals surface area contributed by atoms with E-state index in [1.807, 2.05) is 0 Å². The van der Waals surface area contributed by atoms with Gasteiger partial charge in [-0.25, -0.2) is 8.78 Å². The van der Waals surface area contributed by atoms with E-state index in [1.54, 1.807) is 25.2 Å². The topological polar surface area (TPSA) is 41.5 Å². The van der Waals surface area contributed by atoms with E-state index < -0.39 is 17.6 Å². The van der Waals surface area contributed by atoms with Crippen LogP contribution >= 0.6 is 0 Å². The van der Waals surface area contributed by atoms with Gasteiger partial charge in [-0.05, 0) is 36.9 Å². The van der Waals surface area contributed by atoms with Crippen LogP contribution in [0.4, 0.5) is 8.78 Å². The van der Waals surface area contributed by atoms with Crippen molar-refractivity contribution in [2.75, 3.05) is 13.6 Å². The summed E-state index contributed by atoms with van der Waals surface area (Å²) in [5.74, 6) is -0.501. The second-order valence-corrected chi connectivity index (χ2v) is 5.55. The Morgan fingerprint density at radius 1 is 1.32 bits per heavy atom. The van der Waals surface area contributed by atoms with Gasteiger partial charge in [0.1, 0.15) is 5.75 Å². The number of rotatable bonds is 4. The fraction of sp³-hybridized carbons (Fsp3) is 0.294. The first kappa shape index (κ1) is 14.8. The second kappa shape index (κ2) is 5.57. The van der Waals surface area contributed by atoms with E-state index in [1.165, 1.54) is 24.3 Å². The first-order valence-corrected chi connectivity index (χ1v) is 7.10. The number of nitrogens with one attached hydrogen (secondary N) is 1. The average molecular weight is 305 g/mol. The summed E-state index contributed by atoms with van der Waals surface area (Å²) in [7, 11) is 1.65. The molecule has 2 aromatic rings. The number of alkyl halides is 1. The summed E-state index contributed by atoms with van der Waals surface area (Å²) in [5.41, 5.74) is -0.384. The number of fused-ring (bicyclic) bond motifs is 1. The minimum absolute atomic E-state index is 0.00169. The monoisotopic (exact) mass is 305 g/mol. The predicted octanol–water partition coefficient (Wildman–Crippen LogP) is 3.14. The van der Waals surface area contributed by atoms with E-state index in [2.05, 4.69) is 5.32 Å². The molecule has 2 N–H and O–H groups in total. The van der Waals surface area contributed by atoms with Gasteiger partial charge >= 0.3 is 0 Å². The summed E-state index contributed by atoms with van der Waals surface area (Å²) in [6.07, 6.45) is -0.818. The first-order valence-electron chi connectivity index (χ1n) is 7.10. The molecule has 0 fully saturated rings. The Balaban J connectivity index is 2.01. The molecule has 2 aromatic carbocycles. The zero-order valence-corrected chi connectivity index (χ0v) is 12.1. The molecule has 3 nitrogen and oxygen atoms in total. The molecule has 5 heteroatoms. The minimum atomic E-state index is -1.70. The molecule has 2 atom stereocenters. The highest BCUT2D eigenvalue weighted by molar-refractivity contribution is 5.44. The lowest BCUT2D eigenvalue weighted by Crippen LogP contribution is -2.41. The third kappa shape index (κ3) is 2.52. The largest absolute Gasteiger partial charge is 0.508 e. The normalized spacial score (nSPS) is 23.3. The van der Waals surface area contributed by atoms with Gasteiger partial charge in [0.05, 0.1) is 0 Å². The van der Waals surface area contributed by atoms with Crippen molar-refractivity contribution >= 4 is 0 Å². The van der Waals surface area contributed by atoms with Crippen molar-refractivity contribution in [3.8, 4) is 11.5 Å². The van der Waals surface area contributed by atoms with Crippen molar-refractivity contribution in [3.05, 3.63) is 59.4 Å². The molecule has 0 aromatic heterocycles. The lowest BCUT2D eigenvalue weighted by Gasteiger charge is -2.28. The molecule has 0 saturated heterocycles. The molecule has 0 heterocycles. The van der Waals surface area contributed by atoms with Crippen molar-refractivity contribution in [2.24, 2.45) is 0 Å². The van der Waals surface area contributed by atoms with Gasteiger partial charge in [0, 0.05) is 18.5 Å². The fourth-order valence-electron chi connectivity index (χ4n) is 2.96. The molecule has 0 bridgehead atoms. The fourth-order valence-corrected chi connectivity index (χ4v) is 2.96. The number of hydrogen-bond acceptors (Lipinski definition) is 3. The standard InChI is InChI=1S/C17H17F2NO2/c1-20-10-17(19)9-11-6-7-12(21)8-13(11)16(17)22-15-5-3-2-4-14(15)18/h2-8,16,20-21H,9-10H2,1H3. The van der Waals surface area contributed by atoms with Crippen LogP contribution in [0, 0.1) is 5.82 Å². The predicted molar refractivity (Wildman–Crippen MR) is 79.3 cm³/mol. The van der Waals surface area contributed by atoms with E-state index in [4.69, 9.17) is 4.74 Å². The maximum Gasteiger partial charge on any atom is 0.168 e. The van der Waals surface area contributed by atoms with Gasteiger partial charge in [-0.1, -0.05) is 18.2 Å². The van der Waals surface area contributed by atoms with Crippen molar-refractivity contribution in [2.45, 2.75) is 18.2 Å². The molecule has 1 aliphatic rings. The molecular weight excluding hydrogens is 288 g/mol. The highest BCUT2D eigenvalue weighted by atomic mass is 19.1. The van der Waals surface area contributed by atoms with Crippen LogP contribution in [0.1, 0.15) is 17.2 Å². The Morgan fingerprint density at radius 3 is 2.82 bits per heavy atom. The molecule has 1 aliphatic carbocycles. The number of aromatic hydroxyl groups is 1. The summed E-state index contributed by atoms with van der Waals surface area (Å²) in [6, 6.07) is 10.6.